The molecule has 1 unspecified atom stereocenters. The maximum atomic E-state index is 10.9. The number of carbonyl (C=O) groups is 1. The molecule has 0 aliphatic heterocycles. The minimum absolute atomic E-state index is 0.00979. The first-order valence-corrected chi connectivity index (χ1v) is 6.65. The van der Waals surface area contributed by atoms with Crippen LogP contribution in [0.4, 0.5) is 0 Å². The Labute approximate surface area is 112 Å². The van der Waals surface area contributed by atoms with Crippen LogP contribution in [0.3, 0.4) is 0 Å². The van der Waals surface area contributed by atoms with Crippen LogP contribution < -0.4 is 5.32 Å². The summed E-state index contributed by atoms with van der Waals surface area (Å²) in [5, 5.41) is 13.1. The topological polar surface area (TPSA) is 49.3 Å². The third-order valence-electron chi connectivity index (χ3n) is 3.17. The number of aliphatic carboxylic acids is 1. The third-order valence-corrected chi connectivity index (χ3v) is 3.60. The molecule has 3 nitrogen and oxygen atoms in total. The van der Waals surface area contributed by atoms with Crippen LogP contribution in [0.25, 0.3) is 0 Å². The van der Waals surface area contributed by atoms with Gasteiger partial charge in [-0.05, 0) is 43.4 Å². The van der Waals surface area contributed by atoms with Crippen molar-refractivity contribution >= 4 is 17.6 Å². The Kier molecular flexibility index (Phi) is 4.25. The molecule has 0 aromatic heterocycles. The number of aryl methyl sites for hydroxylation is 1. The lowest BCUT2D eigenvalue weighted by molar-refractivity contribution is -0.137. The van der Waals surface area contributed by atoms with Crippen molar-refractivity contribution in [3.8, 4) is 0 Å². The molecule has 1 atom stereocenters. The Morgan fingerprint density at radius 2 is 2.28 bits per heavy atom. The molecule has 0 heterocycles. The molecule has 0 saturated heterocycles. The van der Waals surface area contributed by atoms with E-state index >= 15 is 0 Å². The van der Waals surface area contributed by atoms with Gasteiger partial charge in [0.05, 0.1) is 6.42 Å². The minimum atomic E-state index is -0.751. The number of benzene rings is 1. The second kappa shape index (κ2) is 5.72. The second-order valence-corrected chi connectivity index (χ2v) is 5.43. The van der Waals surface area contributed by atoms with Gasteiger partial charge in [0.2, 0.25) is 0 Å². The molecule has 1 aliphatic carbocycles. The zero-order valence-electron chi connectivity index (χ0n) is 10.4. The van der Waals surface area contributed by atoms with Gasteiger partial charge < -0.3 is 10.4 Å². The van der Waals surface area contributed by atoms with Crippen molar-refractivity contribution in [2.75, 3.05) is 0 Å². The van der Waals surface area contributed by atoms with E-state index in [2.05, 4.69) is 5.32 Å². The molecule has 0 amide bonds. The van der Waals surface area contributed by atoms with E-state index in [1.54, 1.807) is 0 Å². The summed E-state index contributed by atoms with van der Waals surface area (Å²) < 4.78 is 0. The van der Waals surface area contributed by atoms with E-state index in [1.165, 1.54) is 0 Å². The number of hydrogen-bond acceptors (Lipinski definition) is 2. The Bertz CT molecular complexity index is 443. The normalized spacial score (nSPS) is 16.6. The van der Waals surface area contributed by atoms with E-state index in [1.807, 2.05) is 25.1 Å². The van der Waals surface area contributed by atoms with Gasteiger partial charge >= 0.3 is 5.97 Å². The predicted octanol–water partition coefficient (Wildman–Crippen LogP) is 2.79. The maximum Gasteiger partial charge on any atom is 0.304 e. The summed E-state index contributed by atoms with van der Waals surface area (Å²) in [5.41, 5.74) is 2.17. The fourth-order valence-corrected chi connectivity index (χ4v) is 2.22. The summed E-state index contributed by atoms with van der Waals surface area (Å²) in [5.74, 6) is -0.751. The van der Waals surface area contributed by atoms with Crippen LogP contribution in [0.15, 0.2) is 18.2 Å². The van der Waals surface area contributed by atoms with Crippen molar-refractivity contribution in [3.05, 3.63) is 34.3 Å². The zero-order valence-corrected chi connectivity index (χ0v) is 11.2. The van der Waals surface area contributed by atoms with Crippen molar-refractivity contribution in [2.24, 2.45) is 0 Å². The van der Waals surface area contributed by atoms with Crippen LogP contribution in [0.1, 0.15) is 30.4 Å². The van der Waals surface area contributed by atoms with E-state index in [4.69, 9.17) is 16.7 Å². The average Bonchev–Trinajstić information content (AvgIpc) is 3.06. The van der Waals surface area contributed by atoms with Gasteiger partial charge in [-0.15, -0.1) is 0 Å². The minimum Gasteiger partial charge on any atom is -0.481 e. The third kappa shape index (κ3) is 4.00. The summed E-state index contributed by atoms with van der Waals surface area (Å²) in [6.45, 7) is 1.96. The lowest BCUT2D eigenvalue weighted by Gasteiger charge is -2.17. The summed E-state index contributed by atoms with van der Waals surface area (Å²) in [4.78, 5) is 10.9. The fraction of sp³-hybridized carbons (Fsp3) is 0.500. The van der Waals surface area contributed by atoms with Crippen LogP contribution in [0.2, 0.25) is 5.02 Å². The molecule has 2 rings (SSSR count). The van der Waals surface area contributed by atoms with Crippen molar-refractivity contribution in [1.29, 1.82) is 0 Å². The molecule has 2 N–H and O–H groups in total. The van der Waals surface area contributed by atoms with E-state index < -0.39 is 5.97 Å². The lowest BCUT2D eigenvalue weighted by Crippen LogP contribution is -2.35. The maximum absolute atomic E-state index is 10.9. The number of halogens is 1. The van der Waals surface area contributed by atoms with E-state index in [0.717, 1.165) is 35.4 Å². The van der Waals surface area contributed by atoms with E-state index in [0.29, 0.717) is 6.04 Å². The molecule has 1 aromatic carbocycles. The molecular weight excluding hydrogens is 250 g/mol. The van der Waals surface area contributed by atoms with Gasteiger partial charge in [-0.1, -0.05) is 23.7 Å². The van der Waals surface area contributed by atoms with Gasteiger partial charge in [0.15, 0.2) is 0 Å². The van der Waals surface area contributed by atoms with E-state index in [-0.39, 0.29) is 12.5 Å². The molecule has 4 heteroatoms. The highest BCUT2D eigenvalue weighted by Gasteiger charge is 2.25. The first-order chi connectivity index (χ1) is 8.54. The number of hydrogen-bond donors (Lipinski definition) is 2. The van der Waals surface area contributed by atoms with Crippen LogP contribution >= 0.6 is 11.6 Å². The molecule has 0 radical (unpaired) electrons. The summed E-state index contributed by atoms with van der Waals surface area (Å²) in [6, 6.07) is 6.41. The van der Waals surface area contributed by atoms with Crippen LogP contribution in [-0.4, -0.2) is 23.2 Å². The molecule has 1 fully saturated rings. The number of carboxylic acids is 1. The van der Waals surface area contributed by atoms with Crippen LogP contribution in [0, 0.1) is 6.92 Å². The molecule has 98 valence electrons. The average molecular weight is 268 g/mol. The SMILES string of the molecule is Cc1cc(CC(CC(=O)O)NC2CC2)ccc1Cl. The predicted molar refractivity (Wildman–Crippen MR) is 72.1 cm³/mol. The van der Waals surface area contributed by atoms with Crippen molar-refractivity contribution < 1.29 is 9.90 Å². The molecular formula is C14H18ClNO2. The number of carboxylic acid groups (broad SMARTS) is 1. The number of nitrogens with one attached hydrogen (secondary N) is 1. The summed E-state index contributed by atoms with van der Waals surface area (Å²) in [7, 11) is 0. The highest BCUT2D eigenvalue weighted by Crippen LogP contribution is 2.22. The standard InChI is InChI=1S/C14H18ClNO2/c1-9-6-10(2-5-13(9)15)7-12(8-14(17)18)16-11-3-4-11/h2,5-6,11-12,16H,3-4,7-8H2,1H3,(H,17,18). The van der Waals surface area contributed by atoms with Gasteiger partial charge in [0.25, 0.3) is 0 Å². The quantitative estimate of drug-likeness (QED) is 0.833. The highest BCUT2D eigenvalue weighted by atomic mass is 35.5. The van der Waals surface area contributed by atoms with Gasteiger partial charge in [0.1, 0.15) is 0 Å². The summed E-state index contributed by atoms with van der Waals surface area (Å²) in [6.07, 6.45) is 3.23. The van der Waals surface area contributed by atoms with Crippen LogP contribution in [0.5, 0.6) is 0 Å². The lowest BCUT2D eigenvalue weighted by atomic mass is 10.0. The van der Waals surface area contributed by atoms with Crippen molar-refractivity contribution in [1.82, 2.24) is 5.32 Å². The zero-order chi connectivity index (χ0) is 13.1. The molecule has 1 aliphatic rings. The molecule has 0 spiro atoms. The van der Waals surface area contributed by atoms with E-state index in [9.17, 15) is 4.79 Å². The Morgan fingerprint density at radius 1 is 1.56 bits per heavy atom. The first kappa shape index (κ1) is 13.4. The van der Waals surface area contributed by atoms with Crippen molar-refractivity contribution in [3.63, 3.8) is 0 Å². The van der Waals surface area contributed by atoms with Crippen molar-refractivity contribution in [2.45, 2.75) is 44.7 Å². The molecule has 0 bridgehead atoms. The Hall–Kier alpha value is -1.06. The second-order valence-electron chi connectivity index (χ2n) is 5.02. The van der Waals surface area contributed by atoms with Gasteiger partial charge in [0, 0.05) is 17.1 Å². The number of rotatable bonds is 6. The first-order valence-electron chi connectivity index (χ1n) is 6.27. The smallest absolute Gasteiger partial charge is 0.304 e. The Morgan fingerprint density at radius 3 is 2.83 bits per heavy atom. The molecule has 18 heavy (non-hydrogen) atoms. The fourth-order valence-electron chi connectivity index (χ4n) is 2.10. The van der Waals surface area contributed by atoms with Gasteiger partial charge in [-0.25, -0.2) is 0 Å². The Balaban J connectivity index is 2.01. The largest absolute Gasteiger partial charge is 0.481 e. The van der Waals surface area contributed by atoms with Gasteiger partial charge in [-0.2, -0.15) is 0 Å². The highest BCUT2D eigenvalue weighted by molar-refractivity contribution is 6.31. The molecule has 1 saturated carbocycles. The van der Waals surface area contributed by atoms with Crippen LogP contribution in [-0.2, 0) is 11.2 Å². The van der Waals surface area contributed by atoms with Gasteiger partial charge in [-0.3, -0.25) is 4.79 Å². The monoisotopic (exact) mass is 267 g/mol. The summed E-state index contributed by atoms with van der Waals surface area (Å²) >= 11 is 5.99. The molecule has 1 aromatic rings.